The minimum Gasteiger partial charge on any atom is -0.356 e. The van der Waals surface area contributed by atoms with Crippen molar-refractivity contribution in [1.82, 2.24) is 0 Å². The van der Waals surface area contributed by atoms with E-state index in [2.05, 4.69) is 0 Å². The molecule has 4 nitrogen and oxygen atoms in total. The summed E-state index contributed by atoms with van der Waals surface area (Å²) in [4.78, 5) is 11.1. The van der Waals surface area contributed by atoms with E-state index in [0.717, 1.165) is 0 Å². The average Bonchev–Trinajstić information content (AvgIpc) is 2.61. The van der Waals surface area contributed by atoms with Crippen LogP contribution in [0.25, 0.3) is 0 Å². The molecule has 0 aromatic heterocycles. The molecule has 10 heavy (non-hydrogen) atoms. The Balaban J connectivity index is 1.98. The quantitative estimate of drug-likeness (QED) is 0.410. The summed E-state index contributed by atoms with van der Waals surface area (Å²) in [6, 6.07) is 0. The predicted octanol–water partition coefficient (Wildman–Crippen LogP) is -0.922. The van der Waals surface area contributed by atoms with Crippen LogP contribution in [-0.4, -0.2) is 37.0 Å². The molecule has 0 aromatic carbocycles. The highest BCUT2D eigenvalue weighted by Crippen LogP contribution is 2.38. The SMILES string of the molecule is O=C1[C@H]2O[C@H]2[C@@H]2OC[C@H]1O2. The molecule has 3 heterocycles. The maximum atomic E-state index is 11.1. The summed E-state index contributed by atoms with van der Waals surface area (Å²) in [7, 11) is 0. The smallest absolute Gasteiger partial charge is 0.195 e. The van der Waals surface area contributed by atoms with Crippen molar-refractivity contribution in [2.24, 2.45) is 0 Å². The molecule has 0 spiro atoms. The number of ether oxygens (including phenoxy) is 3. The van der Waals surface area contributed by atoms with Gasteiger partial charge < -0.3 is 14.2 Å². The first-order valence-corrected chi connectivity index (χ1v) is 3.32. The lowest BCUT2D eigenvalue weighted by Crippen LogP contribution is -2.35. The molecular formula is C6H6O4. The summed E-state index contributed by atoms with van der Waals surface area (Å²) in [5.41, 5.74) is 0. The van der Waals surface area contributed by atoms with Gasteiger partial charge in [0, 0.05) is 0 Å². The molecule has 3 fully saturated rings. The largest absolute Gasteiger partial charge is 0.356 e. The van der Waals surface area contributed by atoms with Crippen molar-refractivity contribution in [2.45, 2.75) is 24.6 Å². The monoisotopic (exact) mass is 142 g/mol. The number of carbonyl (C=O) groups is 1. The number of Topliss-reactive ketones (excluding diaryl/α,β-unsaturated/α-hetero) is 1. The second-order valence-corrected chi connectivity index (χ2v) is 2.75. The summed E-state index contributed by atoms with van der Waals surface area (Å²) in [6.07, 6.45) is -0.890. The standard InChI is InChI=1S/C6H6O4/c7-3-2-1-8-6(9-2)5-4(3)10-5/h2,4-6H,1H2/t2-,4-,5-,6-/m1/s1. The van der Waals surface area contributed by atoms with Gasteiger partial charge in [-0.05, 0) is 0 Å². The van der Waals surface area contributed by atoms with Gasteiger partial charge in [-0.2, -0.15) is 0 Å². The van der Waals surface area contributed by atoms with Crippen LogP contribution in [0.5, 0.6) is 0 Å². The molecule has 3 saturated heterocycles. The van der Waals surface area contributed by atoms with Gasteiger partial charge in [-0.15, -0.1) is 0 Å². The lowest BCUT2D eigenvalue weighted by atomic mass is 10.1. The molecule has 2 bridgehead atoms. The van der Waals surface area contributed by atoms with Crippen LogP contribution in [0.15, 0.2) is 0 Å². The van der Waals surface area contributed by atoms with Crippen LogP contribution in [0.4, 0.5) is 0 Å². The third-order valence-corrected chi connectivity index (χ3v) is 2.10. The summed E-state index contributed by atoms with van der Waals surface area (Å²) in [5.74, 6) is 0.0544. The van der Waals surface area contributed by atoms with Gasteiger partial charge in [-0.3, -0.25) is 4.79 Å². The predicted molar refractivity (Wildman–Crippen MR) is 28.3 cm³/mol. The second kappa shape index (κ2) is 1.42. The van der Waals surface area contributed by atoms with Gasteiger partial charge in [0.25, 0.3) is 0 Å². The Morgan fingerprint density at radius 3 is 3.20 bits per heavy atom. The molecule has 4 atom stereocenters. The summed E-state index contributed by atoms with van der Waals surface area (Å²) >= 11 is 0. The van der Waals surface area contributed by atoms with Crippen molar-refractivity contribution in [2.75, 3.05) is 6.61 Å². The lowest BCUT2D eigenvalue weighted by Gasteiger charge is -2.11. The van der Waals surface area contributed by atoms with Crippen LogP contribution in [0.2, 0.25) is 0 Å². The van der Waals surface area contributed by atoms with E-state index in [1.165, 1.54) is 0 Å². The number of hydrogen-bond donors (Lipinski definition) is 0. The molecule has 0 radical (unpaired) electrons. The van der Waals surface area contributed by atoms with E-state index in [9.17, 15) is 4.79 Å². The number of hydrogen-bond acceptors (Lipinski definition) is 4. The van der Waals surface area contributed by atoms with Crippen molar-refractivity contribution in [3.05, 3.63) is 0 Å². The van der Waals surface area contributed by atoms with Crippen molar-refractivity contribution < 1.29 is 19.0 Å². The Bertz CT molecular complexity index is 202. The second-order valence-electron chi connectivity index (χ2n) is 2.75. The average molecular weight is 142 g/mol. The maximum absolute atomic E-state index is 11.1. The Hall–Kier alpha value is -0.450. The first-order valence-electron chi connectivity index (χ1n) is 3.32. The minimum atomic E-state index is -0.339. The fourth-order valence-corrected chi connectivity index (χ4v) is 1.49. The fraction of sp³-hybridized carbons (Fsp3) is 0.833. The van der Waals surface area contributed by atoms with Crippen molar-refractivity contribution in [1.29, 1.82) is 0 Å². The molecule has 0 saturated carbocycles. The van der Waals surface area contributed by atoms with Crippen LogP contribution in [0, 0.1) is 0 Å². The van der Waals surface area contributed by atoms with E-state index < -0.39 is 0 Å². The van der Waals surface area contributed by atoms with Crippen LogP contribution < -0.4 is 0 Å². The molecule has 3 aliphatic heterocycles. The molecule has 54 valence electrons. The van der Waals surface area contributed by atoms with Crippen LogP contribution in [0.3, 0.4) is 0 Å². The number of rotatable bonds is 0. The van der Waals surface area contributed by atoms with E-state index in [0.29, 0.717) is 6.61 Å². The van der Waals surface area contributed by atoms with E-state index in [-0.39, 0.29) is 30.4 Å². The summed E-state index contributed by atoms with van der Waals surface area (Å²) < 4.78 is 15.3. The van der Waals surface area contributed by atoms with Crippen LogP contribution >= 0.6 is 0 Å². The molecule has 4 heteroatoms. The highest BCUT2D eigenvalue weighted by atomic mass is 16.8. The first kappa shape index (κ1) is 5.23. The van der Waals surface area contributed by atoms with Gasteiger partial charge in [0.15, 0.2) is 18.2 Å². The van der Waals surface area contributed by atoms with Gasteiger partial charge in [-0.1, -0.05) is 0 Å². The molecule has 0 aliphatic carbocycles. The molecular weight excluding hydrogens is 136 g/mol. The highest BCUT2D eigenvalue weighted by Gasteiger charge is 2.61. The normalized spacial score (nSPS) is 56.6. The topological polar surface area (TPSA) is 48.1 Å². The van der Waals surface area contributed by atoms with E-state index in [1.807, 2.05) is 0 Å². The zero-order valence-electron chi connectivity index (χ0n) is 5.15. The van der Waals surface area contributed by atoms with Gasteiger partial charge >= 0.3 is 0 Å². The van der Waals surface area contributed by atoms with E-state index >= 15 is 0 Å². The van der Waals surface area contributed by atoms with Gasteiger partial charge in [0.05, 0.1) is 6.61 Å². The van der Waals surface area contributed by atoms with E-state index in [4.69, 9.17) is 14.2 Å². The number of fused-ring (bicyclic) bond motifs is 4. The van der Waals surface area contributed by atoms with Crippen LogP contribution in [0.1, 0.15) is 0 Å². The zero-order chi connectivity index (χ0) is 6.72. The van der Waals surface area contributed by atoms with Crippen molar-refractivity contribution in [3.8, 4) is 0 Å². The summed E-state index contributed by atoms with van der Waals surface area (Å²) in [5, 5.41) is 0. The lowest BCUT2D eigenvalue weighted by molar-refractivity contribution is -0.136. The van der Waals surface area contributed by atoms with Gasteiger partial charge in [0.2, 0.25) is 0 Å². The number of ketones is 1. The van der Waals surface area contributed by atoms with Crippen LogP contribution in [-0.2, 0) is 19.0 Å². The Labute approximate surface area is 57.0 Å². The Morgan fingerprint density at radius 1 is 1.40 bits per heavy atom. The summed E-state index contributed by atoms with van der Waals surface area (Å²) in [6.45, 7) is 0.417. The van der Waals surface area contributed by atoms with Crippen molar-refractivity contribution in [3.63, 3.8) is 0 Å². The minimum absolute atomic E-state index is 0.0544. The fourth-order valence-electron chi connectivity index (χ4n) is 1.49. The first-order chi connectivity index (χ1) is 4.86. The Kier molecular flexibility index (Phi) is 0.741. The third kappa shape index (κ3) is 0.460. The van der Waals surface area contributed by atoms with Crippen molar-refractivity contribution >= 4 is 5.78 Å². The van der Waals surface area contributed by atoms with Gasteiger partial charge in [-0.25, -0.2) is 0 Å². The number of carbonyl (C=O) groups excluding carboxylic acids is 1. The third-order valence-electron chi connectivity index (χ3n) is 2.10. The molecule has 0 unspecified atom stereocenters. The molecule has 3 aliphatic rings. The Morgan fingerprint density at radius 2 is 2.30 bits per heavy atom. The molecule has 0 N–H and O–H groups in total. The zero-order valence-corrected chi connectivity index (χ0v) is 5.15. The molecule has 0 amide bonds. The highest BCUT2D eigenvalue weighted by molar-refractivity contribution is 5.91. The molecule has 3 rings (SSSR count). The maximum Gasteiger partial charge on any atom is 0.195 e. The van der Waals surface area contributed by atoms with E-state index in [1.54, 1.807) is 0 Å². The molecule has 0 aromatic rings. The van der Waals surface area contributed by atoms with Gasteiger partial charge in [0.1, 0.15) is 12.2 Å². The number of epoxide rings is 1.